The van der Waals surface area contributed by atoms with E-state index in [-0.39, 0.29) is 11.3 Å². The van der Waals surface area contributed by atoms with Crippen LogP contribution in [0, 0.1) is 0 Å². The Morgan fingerprint density at radius 1 is 1.20 bits per heavy atom. The monoisotopic (exact) mass is 414 g/mol. The Bertz CT molecular complexity index is 949. The summed E-state index contributed by atoms with van der Waals surface area (Å²) in [4.78, 5) is 29.2. The van der Waals surface area contributed by atoms with Gasteiger partial charge in [-0.3, -0.25) is 9.59 Å². The first kappa shape index (κ1) is 21.4. The molecule has 0 aliphatic carbocycles. The highest BCUT2D eigenvalue weighted by atomic mass is 16.5. The van der Waals surface area contributed by atoms with Gasteiger partial charge in [-0.15, -0.1) is 0 Å². The molecule has 1 N–H and O–H groups in total. The van der Waals surface area contributed by atoms with E-state index in [0.717, 1.165) is 6.54 Å². The number of nitrogens with zero attached hydrogens (tertiary/aromatic N) is 2. The maximum Gasteiger partial charge on any atom is 0.295 e. The fourth-order valence-electron chi connectivity index (χ4n) is 3.55. The molecule has 1 aliphatic rings. The van der Waals surface area contributed by atoms with Crippen LogP contribution in [0.2, 0.25) is 0 Å². The molecule has 1 atom stereocenters. The van der Waals surface area contributed by atoms with Crippen LogP contribution in [0.3, 0.4) is 0 Å². The molecular formula is C22H26N2O6. The average molecular weight is 414 g/mol. The standard InChI is InChI=1S/C22H26N2O6/c1-23(2)10-6-11-24-19(16-7-5-12-30-16)18(21(26)22(24)27)20(25)15-9-8-14(28-3)13-17(15)29-4/h5,7-9,12-13,19,25H,6,10-11H2,1-4H3/t19-/m0/s1. The van der Waals surface area contributed by atoms with Crippen LogP contribution in [0.5, 0.6) is 11.5 Å². The van der Waals surface area contributed by atoms with Crippen molar-refractivity contribution in [1.29, 1.82) is 0 Å². The van der Waals surface area contributed by atoms with Crippen LogP contribution in [0.4, 0.5) is 0 Å². The van der Waals surface area contributed by atoms with Gasteiger partial charge in [0.05, 0.1) is 31.6 Å². The Kier molecular flexibility index (Phi) is 6.47. The average Bonchev–Trinajstić information content (AvgIpc) is 3.35. The van der Waals surface area contributed by atoms with Crippen molar-refractivity contribution in [3.63, 3.8) is 0 Å². The van der Waals surface area contributed by atoms with Gasteiger partial charge >= 0.3 is 0 Å². The molecule has 0 saturated carbocycles. The summed E-state index contributed by atoms with van der Waals surface area (Å²) >= 11 is 0. The van der Waals surface area contributed by atoms with Crippen LogP contribution in [0.1, 0.15) is 23.8 Å². The third kappa shape index (κ3) is 4.04. The van der Waals surface area contributed by atoms with Crippen molar-refractivity contribution in [3.05, 3.63) is 53.5 Å². The molecule has 2 aromatic rings. The normalized spacial score (nSPS) is 18.3. The molecule has 1 aromatic carbocycles. The summed E-state index contributed by atoms with van der Waals surface area (Å²) in [5, 5.41) is 11.1. The number of rotatable bonds is 8. The molecule has 30 heavy (non-hydrogen) atoms. The molecule has 3 rings (SSSR count). The smallest absolute Gasteiger partial charge is 0.295 e. The Morgan fingerprint density at radius 2 is 1.97 bits per heavy atom. The SMILES string of the molecule is COc1ccc(C(O)=C2C(=O)C(=O)N(CCCN(C)C)[C@H]2c2ccco2)c(OC)c1. The molecular weight excluding hydrogens is 388 g/mol. The Hall–Kier alpha value is -3.26. The summed E-state index contributed by atoms with van der Waals surface area (Å²) in [5.41, 5.74) is 0.268. The summed E-state index contributed by atoms with van der Waals surface area (Å²) in [7, 11) is 6.85. The van der Waals surface area contributed by atoms with Gasteiger partial charge in [-0.25, -0.2) is 0 Å². The third-order valence-electron chi connectivity index (χ3n) is 5.02. The number of carbonyl (C=O) groups excluding carboxylic acids is 2. The molecule has 0 spiro atoms. The number of ether oxygens (including phenoxy) is 2. The number of likely N-dealkylation sites (tertiary alicyclic amines) is 1. The minimum atomic E-state index is -0.811. The molecule has 0 unspecified atom stereocenters. The lowest BCUT2D eigenvalue weighted by molar-refractivity contribution is -0.140. The second kappa shape index (κ2) is 9.04. The Morgan fingerprint density at radius 3 is 2.57 bits per heavy atom. The second-order valence-corrected chi connectivity index (χ2v) is 7.23. The lowest BCUT2D eigenvalue weighted by atomic mass is 9.98. The molecule has 8 nitrogen and oxygen atoms in total. The van der Waals surface area contributed by atoms with Crippen LogP contribution < -0.4 is 9.47 Å². The number of Topliss-reactive ketones (excluding diaryl/α,β-unsaturated/α-hetero) is 1. The van der Waals surface area contributed by atoms with Gasteiger partial charge in [-0.2, -0.15) is 0 Å². The van der Waals surface area contributed by atoms with Gasteiger partial charge < -0.3 is 28.8 Å². The van der Waals surface area contributed by atoms with Crippen LogP contribution in [0.25, 0.3) is 5.76 Å². The summed E-state index contributed by atoms with van der Waals surface area (Å²) in [5.74, 6) is -0.461. The predicted octanol–water partition coefficient (Wildman–Crippen LogP) is 2.67. The number of furan rings is 1. The van der Waals surface area contributed by atoms with Crippen LogP contribution >= 0.6 is 0 Å². The van der Waals surface area contributed by atoms with Gasteiger partial charge in [0.15, 0.2) is 0 Å². The quantitative estimate of drug-likeness (QED) is 0.403. The zero-order valence-corrected chi connectivity index (χ0v) is 17.5. The number of hydrogen-bond acceptors (Lipinski definition) is 7. The number of methoxy groups -OCH3 is 2. The fourth-order valence-corrected chi connectivity index (χ4v) is 3.55. The van der Waals surface area contributed by atoms with Crippen molar-refractivity contribution in [1.82, 2.24) is 9.80 Å². The number of ketones is 1. The van der Waals surface area contributed by atoms with Crippen LogP contribution in [-0.4, -0.2) is 68.0 Å². The molecule has 0 radical (unpaired) electrons. The van der Waals surface area contributed by atoms with Gasteiger partial charge in [-0.05, 0) is 51.3 Å². The molecule has 1 aromatic heterocycles. The van der Waals surface area contributed by atoms with Crippen molar-refractivity contribution in [2.45, 2.75) is 12.5 Å². The number of carbonyl (C=O) groups is 2. The van der Waals surface area contributed by atoms with Crippen molar-refractivity contribution in [3.8, 4) is 11.5 Å². The van der Waals surface area contributed by atoms with Crippen LogP contribution in [-0.2, 0) is 9.59 Å². The van der Waals surface area contributed by atoms with E-state index in [1.165, 1.54) is 25.4 Å². The molecule has 1 aliphatic heterocycles. The summed E-state index contributed by atoms with van der Waals surface area (Å²) in [6.45, 7) is 1.10. The van der Waals surface area contributed by atoms with Gasteiger partial charge in [0.2, 0.25) is 0 Å². The van der Waals surface area contributed by atoms with Crippen LogP contribution in [0.15, 0.2) is 46.6 Å². The molecule has 1 fully saturated rings. The number of benzene rings is 1. The first-order valence-electron chi connectivity index (χ1n) is 9.58. The molecule has 1 amide bonds. The Labute approximate surface area is 175 Å². The predicted molar refractivity (Wildman–Crippen MR) is 110 cm³/mol. The van der Waals surface area contributed by atoms with Crippen molar-refractivity contribution in [2.75, 3.05) is 41.4 Å². The number of amides is 1. The van der Waals surface area contributed by atoms with Gasteiger partial charge in [0, 0.05) is 12.6 Å². The maximum absolute atomic E-state index is 12.9. The van der Waals surface area contributed by atoms with Crippen molar-refractivity contribution >= 4 is 17.4 Å². The topological polar surface area (TPSA) is 92.5 Å². The highest BCUT2D eigenvalue weighted by Gasteiger charge is 2.47. The van der Waals surface area contributed by atoms with Crippen molar-refractivity contribution in [2.24, 2.45) is 0 Å². The summed E-state index contributed by atoms with van der Waals surface area (Å²) in [6.07, 6.45) is 2.15. The molecule has 1 saturated heterocycles. The highest BCUT2D eigenvalue weighted by Crippen LogP contribution is 2.41. The van der Waals surface area contributed by atoms with Crippen molar-refractivity contribution < 1.29 is 28.6 Å². The third-order valence-corrected chi connectivity index (χ3v) is 5.02. The number of hydrogen-bond donors (Lipinski definition) is 1. The van der Waals surface area contributed by atoms with Gasteiger partial charge in [0.1, 0.15) is 29.1 Å². The molecule has 160 valence electrons. The Balaban J connectivity index is 2.09. The zero-order chi connectivity index (χ0) is 21.8. The largest absolute Gasteiger partial charge is 0.507 e. The van der Waals surface area contributed by atoms with Gasteiger partial charge in [-0.1, -0.05) is 0 Å². The van der Waals surface area contributed by atoms with E-state index in [1.807, 2.05) is 19.0 Å². The van der Waals surface area contributed by atoms with E-state index in [2.05, 4.69) is 0 Å². The highest BCUT2D eigenvalue weighted by molar-refractivity contribution is 6.46. The van der Waals surface area contributed by atoms with E-state index in [0.29, 0.717) is 35.8 Å². The molecule has 8 heteroatoms. The lowest BCUT2D eigenvalue weighted by Gasteiger charge is -2.24. The minimum absolute atomic E-state index is 0.0248. The first-order valence-corrected chi connectivity index (χ1v) is 9.58. The fraction of sp³-hybridized carbons (Fsp3) is 0.364. The lowest BCUT2D eigenvalue weighted by Crippen LogP contribution is -2.32. The maximum atomic E-state index is 12.9. The number of aliphatic hydroxyl groups excluding tert-OH is 1. The molecule has 0 bridgehead atoms. The number of aliphatic hydroxyl groups is 1. The van der Waals surface area contributed by atoms with E-state index >= 15 is 0 Å². The van der Waals surface area contributed by atoms with E-state index in [9.17, 15) is 14.7 Å². The summed E-state index contributed by atoms with van der Waals surface area (Å²) in [6, 6.07) is 7.40. The first-order chi connectivity index (χ1) is 14.4. The summed E-state index contributed by atoms with van der Waals surface area (Å²) < 4.78 is 16.1. The van der Waals surface area contributed by atoms with Gasteiger partial charge in [0.25, 0.3) is 11.7 Å². The van der Waals surface area contributed by atoms with E-state index in [1.54, 1.807) is 30.3 Å². The van der Waals surface area contributed by atoms with E-state index < -0.39 is 17.7 Å². The zero-order valence-electron chi connectivity index (χ0n) is 17.5. The second-order valence-electron chi connectivity index (χ2n) is 7.23. The molecule has 2 heterocycles. The van der Waals surface area contributed by atoms with E-state index in [4.69, 9.17) is 13.9 Å². The minimum Gasteiger partial charge on any atom is -0.507 e.